The molecule has 0 bridgehead atoms. The van der Waals surface area contributed by atoms with Gasteiger partial charge in [0.25, 0.3) is 0 Å². The van der Waals surface area contributed by atoms with E-state index in [1.54, 1.807) is 19.1 Å². The number of hydrogen-bond donors (Lipinski definition) is 0. The van der Waals surface area contributed by atoms with Crippen molar-refractivity contribution in [2.75, 3.05) is 0 Å². The van der Waals surface area contributed by atoms with Gasteiger partial charge in [0.1, 0.15) is 5.75 Å². The van der Waals surface area contributed by atoms with E-state index in [4.69, 9.17) is 0 Å². The van der Waals surface area contributed by atoms with Crippen LogP contribution in [0.5, 0.6) is 5.75 Å². The summed E-state index contributed by atoms with van der Waals surface area (Å²) in [5.74, 6) is -0.141. The minimum absolute atomic E-state index is 0.141. The van der Waals surface area contributed by atoms with Crippen LogP contribution < -0.4 is 4.74 Å². The van der Waals surface area contributed by atoms with E-state index in [0.29, 0.717) is 5.56 Å². The fraction of sp³-hybridized carbons (Fsp3) is 0.455. The lowest BCUT2D eigenvalue weighted by molar-refractivity contribution is -0.274. The minimum atomic E-state index is -4.61. The van der Waals surface area contributed by atoms with Gasteiger partial charge in [-0.15, -0.1) is 13.2 Å². The Bertz CT molecular complexity index is 305. The summed E-state index contributed by atoms with van der Waals surface area (Å²) >= 11 is 0. The van der Waals surface area contributed by atoms with Crippen LogP contribution in [0.3, 0.4) is 0 Å². The molecule has 0 saturated heterocycles. The lowest BCUT2D eigenvalue weighted by Gasteiger charge is -2.11. The van der Waals surface area contributed by atoms with Crippen molar-refractivity contribution in [3.05, 3.63) is 29.3 Å². The molecule has 0 aromatic heterocycles. The second-order valence-electron chi connectivity index (χ2n) is 2.82. The Morgan fingerprint density at radius 3 is 2.00 bits per heavy atom. The predicted octanol–water partition coefficient (Wildman–Crippen LogP) is 4.23. The van der Waals surface area contributed by atoms with Crippen molar-refractivity contribution in [2.45, 2.75) is 34.1 Å². The van der Waals surface area contributed by atoms with Gasteiger partial charge in [-0.1, -0.05) is 31.5 Å². The van der Waals surface area contributed by atoms with Crippen LogP contribution >= 0.6 is 0 Å². The molecule has 0 heterocycles. The zero-order chi connectivity index (χ0) is 12.1. The summed E-state index contributed by atoms with van der Waals surface area (Å²) in [6.07, 6.45) is -4.61. The highest BCUT2D eigenvalue weighted by atomic mass is 19.4. The first-order valence-electron chi connectivity index (χ1n) is 4.71. The summed E-state index contributed by atoms with van der Waals surface area (Å²) in [5.41, 5.74) is 1.39. The zero-order valence-electron chi connectivity index (χ0n) is 9.27. The van der Waals surface area contributed by atoms with E-state index in [2.05, 4.69) is 4.74 Å². The van der Waals surface area contributed by atoms with Crippen LogP contribution in [0.4, 0.5) is 13.2 Å². The van der Waals surface area contributed by atoms with Crippen molar-refractivity contribution in [1.29, 1.82) is 0 Å². The molecule has 15 heavy (non-hydrogen) atoms. The molecule has 0 N–H and O–H groups in total. The Balaban J connectivity index is 0.000000921. The molecule has 0 fully saturated rings. The van der Waals surface area contributed by atoms with E-state index in [0.717, 1.165) is 5.56 Å². The number of benzene rings is 1. The molecule has 0 atom stereocenters. The van der Waals surface area contributed by atoms with Crippen molar-refractivity contribution >= 4 is 0 Å². The first-order chi connectivity index (χ1) is 6.88. The number of alkyl halides is 3. The average molecular weight is 220 g/mol. The smallest absolute Gasteiger partial charge is 0.406 e. The molecule has 0 saturated carbocycles. The number of aryl methyl sites for hydroxylation is 2. The van der Waals surface area contributed by atoms with Gasteiger partial charge in [-0.2, -0.15) is 0 Å². The Hall–Kier alpha value is -1.19. The monoisotopic (exact) mass is 220 g/mol. The SMILES string of the molecule is CC.Cc1ccc(OC(F)(F)F)c(C)c1. The molecule has 0 unspecified atom stereocenters. The van der Waals surface area contributed by atoms with E-state index in [-0.39, 0.29) is 5.75 Å². The van der Waals surface area contributed by atoms with Crippen molar-refractivity contribution in [3.8, 4) is 5.75 Å². The molecular formula is C11H15F3O. The molecular weight excluding hydrogens is 205 g/mol. The molecule has 1 aromatic carbocycles. The highest BCUT2D eigenvalue weighted by Gasteiger charge is 2.31. The molecule has 0 aliphatic rings. The van der Waals surface area contributed by atoms with Crippen molar-refractivity contribution < 1.29 is 17.9 Å². The van der Waals surface area contributed by atoms with Gasteiger partial charge in [0, 0.05) is 0 Å². The number of hydrogen-bond acceptors (Lipinski definition) is 1. The van der Waals surface area contributed by atoms with E-state index in [1.807, 2.05) is 20.8 Å². The van der Waals surface area contributed by atoms with E-state index >= 15 is 0 Å². The van der Waals surface area contributed by atoms with Gasteiger partial charge in [-0.25, -0.2) is 0 Å². The van der Waals surface area contributed by atoms with Crippen molar-refractivity contribution in [1.82, 2.24) is 0 Å². The zero-order valence-corrected chi connectivity index (χ0v) is 9.27. The summed E-state index contributed by atoms with van der Waals surface area (Å²) in [4.78, 5) is 0. The third-order valence-electron chi connectivity index (χ3n) is 1.56. The number of ether oxygens (including phenoxy) is 1. The van der Waals surface area contributed by atoms with Gasteiger partial charge in [-0.3, -0.25) is 0 Å². The van der Waals surface area contributed by atoms with E-state index < -0.39 is 6.36 Å². The fourth-order valence-corrected chi connectivity index (χ4v) is 1.04. The second kappa shape index (κ2) is 5.63. The van der Waals surface area contributed by atoms with Crippen molar-refractivity contribution in [3.63, 3.8) is 0 Å². The molecule has 0 amide bonds. The Kier molecular flexibility index (Phi) is 5.19. The Morgan fingerprint density at radius 2 is 1.60 bits per heavy atom. The molecule has 0 spiro atoms. The summed E-state index contributed by atoms with van der Waals surface area (Å²) in [6, 6.07) is 4.54. The predicted molar refractivity (Wildman–Crippen MR) is 53.9 cm³/mol. The molecule has 0 aliphatic carbocycles. The maximum Gasteiger partial charge on any atom is 0.573 e. The van der Waals surface area contributed by atoms with Crippen LogP contribution in [-0.2, 0) is 0 Å². The molecule has 1 rings (SSSR count). The lowest BCUT2D eigenvalue weighted by atomic mass is 10.1. The molecule has 4 heteroatoms. The maximum atomic E-state index is 11.8. The van der Waals surface area contributed by atoms with Gasteiger partial charge >= 0.3 is 6.36 Å². The maximum absolute atomic E-state index is 11.8. The first kappa shape index (κ1) is 13.8. The normalized spacial score (nSPS) is 10.3. The molecule has 0 aliphatic heterocycles. The molecule has 0 radical (unpaired) electrons. The van der Waals surface area contributed by atoms with Gasteiger partial charge in [-0.05, 0) is 25.5 Å². The largest absolute Gasteiger partial charge is 0.573 e. The highest BCUT2D eigenvalue weighted by Crippen LogP contribution is 2.26. The van der Waals surface area contributed by atoms with Crippen LogP contribution in [0.15, 0.2) is 18.2 Å². The van der Waals surface area contributed by atoms with Crippen LogP contribution in [0.2, 0.25) is 0 Å². The van der Waals surface area contributed by atoms with Gasteiger partial charge in [0.05, 0.1) is 0 Å². The highest BCUT2D eigenvalue weighted by molar-refractivity contribution is 5.35. The van der Waals surface area contributed by atoms with E-state index in [9.17, 15) is 13.2 Å². The number of halogens is 3. The molecule has 86 valence electrons. The minimum Gasteiger partial charge on any atom is -0.406 e. The Labute approximate surface area is 87.9 Å². The molecule has 1 nitrogen and oxygen atoms in total. The quantitative estimate of drug-likeness (QED) is 0.688. The second-order valence-corrected chi connectivity index (χ2v) is 2.82. The number of rotatable bonds is 1. The van der Waals surface area contributed by atoms with Crippen LogP contribution in [0.25, 0.3) is 0 Å². The first-order valence-corrected chi connectivity index (χ1v) is 4.71. The van der Waals surface area contributed by atoms with Gasteiger partial charge in [0.15, 0.2) is 0 Å². The fourth-order valence-electron chi connectivity index (χ4n) is 1.04. The topological polar surface area (TPSA) is 9.23 Å². The summed E-state index contributed by atoms with van der Waals surface area (Å²) in [7, 11) is 0. The third-order valence-corrected chi connectivity index (χ3v) is 1.56. The van der Waals surface area contributed by atoms with Crippen LogP contribution in [0.1, 0.15) is 25.0 Å². The van der Waals surface area contributed by atoms with Gasteiger partial charge in [0.2, 0.25) is 0 Å². The summed E-state index contributed by atoms with van der Waals surface area (Å²) < 4.78 is 39.2. The molecule has 1 aromatic rings. The summed E-state index contributed by atoms with van der Waals surface area (Å²) in [6.45, 7) is 7.39. The van der Waals surface area contributed by atoms with E-state index in [1.165, 1.54) is 6.07 Å². The van der Waals surface area contributed by atoms with Crippen LogP contribution in [0, 0.1) is 13.8 Å². The standard InChI is InChI=1S/C9H9F3O.C2H6/c1-6-3-4-8(7(2)5-6)13-9(10,11)12;1-2/h3-5H,1-2H3;1-2H3. The third kappa shape index (κ3) is 5.30. The van der Waals surface area contributed by atoms with Gasteiger partial charge < -0.3 is 4.74 Å². The van der Waals surface area contributed by atoms with Crippen LogP contribution in [-0.4, -0.2) is 6.36 Å². The Morgan fingerprint density at radius 1 is 1.07 bits per heavy atom. The van der Waals surface area contributed by atoms with Crippen molar-refractivity contribution in [2.24, 2.45) is 0 Å². The summed E-state index contributed by atoms with van der Waals surface area (Å²) in [5, 5.41) is 0. The average Bonchev–Trinajstić information content (AvgIpc) is 2.12. The lowest BCUT2D eigenvalue weighted by Crippen LogP contribution is -2.17.